The Morgan fingerprint density at radius 3 is 2.67 bits per heavy atom. The standard InChI is InChI=1S/C20H19ClO6/c1-5-14(11-8-15-16(9-13(11)21)26-10-25-15)27-19(23)18-12(20(18,2)3)6-7-17(22)24-4/h1,6-9,12,14,18H,10H2,2-4H3/b7-6-. The SMILES string of the molecule is C#CC(OC(=O)C1C(/C=C\C(=O)OC)C1(C)C)c1cc2c(cc1Cl)OCO2. The molecule has 1 aliphatic heterocycles. The van der Waals surface area contributed by atoms with Crippen LogP contribution in [0.1, 0.15) is 25.5 Å². The molecule has 1 aliphatic carbocycles. The summed E-state index contributed by atoms with van der Waals surface area (Å²) in [5.74, 6) is 1.98. The number of terminal acetylenes is 1. The third-order valence-electron chi connectivity index (χ3n) is 4.97. The van der Waals surface area contributed by atoms with E-state index in [0.717, 1.165) is 0 Å². The molecule has 0 radical (unpaired) electrons. The van der Waals surface area contributed by atoms with Gasteiger partial charge in [-0.15, -0.1) is 6.42 Å². The lowest BCUT2D eigenvalue weighted by atomic mass is 10.1. The molecule has 0 bridgehead atoms. The van der Waals surface area contributed by atoms with E-state index >= 15 is 0 Å². The zero-order chi connectivity index (χ0) is 19.8. The highest BCUT2D eigenvalue weighted by atomic mass is 35.5. The van der Waals surface area contributed by atoms with E-state index in [4.69, 9.17) is 32.2 Å². The molecule has 1 saturated carbocycles. The molecule has 0 N–H and O–H groups in total. The number of halogens is 1. The van der Waals surface area contributed by atoms with Crippen molar-refractivity contribution in [3.05, 3.63) is 34.9 Å². The maximum Gasteiger partial charge on any atom is 0.330 e. The summed E-state index contributed by atoms with van der Waals surface area (Å²) >= 11 is 6.26. The fraction of sp³-hybridized carbons (Fsp3) is 0.400. The number of hydrogen-bond donors (Lipinski definition) is 0. The van der Waals surface area contributed by atoms with E-state index in [2.05, 4.69) is 10.7 Å². The van der Waals surface area contributed by atoms with E-state index < -0.39 is 24.0 Å². The zero-order valence-electron chi connectivity index (χ0n) is 15.2. The minimum Gasteiger partial charge on any atom is -0.466 e. The van der Waals surface area contributed by atoms with Gasteiger partial charge in [-0.05, 0) is 17.4 Å². The van der Waals surface area contributed by atoms with Crippen LogP contribution in [0.3, 0.4) is 0 Å². The molecule has 3 unspecified atom stereocenters. The van der Waals surface area contributed by atoms with Crippen LogP contribution < -0.4 is 9.47 Å². The zero-order valence-corrected chi connectivity index (χ0v) is 15.9. The van der Waals surface area contributed by atoms with Crippen LogP contribution in [0.5, 0.6) is 11.5 Å². The Labute approximate surface area is 162 Å². The summed E-state index contributed by atoms with van der Waals surface area (Å²) in [6.45, 7) is 3.94. The maximum atomic E-state index is 12.7. The quantitative estimate of drug-likeness (QED) is 0.436. The second-order valence-electron chi connectivity index (χ2n) is 6.92. The van der Waals surface area contributed by atoms with Gasteiger partial charge in [-0.1, -0.05) is 37.4 Å². The lowest BCUT2D eigenvalue weighted by Crippen LogP contribution is -2.15. The van der Waals surface area contributed by atoms with Crippen LogP contribution in [0, 0.1) is 29.6 Å². The van der Waals surface area contributed by atoms with Gasteiger partial charge in [-0.2, -0.15) is 0 Å². The lowest BCUT2D eigenvalue weighted by Gasteiger charge is -2.15. The minimum atomic E-state index is -0.957. The van der Waals surface area contributed by atoms with Crippen molar-refractivity contribution in [3.8, 4) is 23.8 Å². The molecule has 1 aromatic carbocycles. The number of fused-ring (bicyclic) bond motifs is 1. The molecule has 0 amide bonds. The van der Waals surface area contributed by atoms with Crippen LogP contribution >= 0.6 is 11.6 Å². The molecule has 0 spiro atoms. The monoisotopic (exact) mass is 390 g/mol. The number of rotatable bonds is 5. The lowest BCUT2D eigenvalue weighted by molar-refractivity contribution is -0.149. The summed E-state index contributed by atoms with van der Waals surface area (Å²) in [6.07, 6.45) is 7.59. The summed E-state index contributed by atoms with van der Waals surface area (Å²) < 4.78 is 20.7. The molecule has 0 aromatic heterocycles. The molecule has 3 rings (SSSR count). The predicted octanol–water partition coefficient (Wildman–Crippen LogP) is 3.29. The first-order chi connectivity index (χ1) is 12.8. The van der Waals surface area contributed by atoms with Crippen molar-refractivity contribution in [2.75, 3.05) is 13.9 Å². The molecular formula is C20H19ClO6. The van der Waals surface area contributed by atoms with Gasteiger partial charge in [0, 0.05) is 17.7 Å². The van der Waals surface area contributed by atoms with Gasteiger partial charge in [0.25, 0.3) is 0 Å². The van der Waals surface area contributed by atoms with E-state index in [9.17, 15) is 9.59 Å². The summed E-state index contributed by atoms with van der Waals surface area (Å²) in [7, 11) is 1.29. The number of ether oxygens (including phenoxy) is 4. The molecule has 6 nitrogen and oxygen atoms in total. The van der Waals surface area contributed by atoms with E-state index in [1.165, 1.54) is 13.2 Å². The first kappa shape index (κ1) is 19.1. The summed E-state index contributed by atoms with van der Waals surface area (Å²) in [6, 6.07) is 3.20. The van der Waals surface area contributed by atoms with Crippen molar-refractivity contribution >= 4 is 23.5 Å². The highest BCUT2D eigenvalue weighted by Gasteiger charge is 2.61. The summed E-state index contributed by atoms with van der Waals surface area (Å²) in [5, 5.41) is 0.326. The molecule has 1 fully saturated rings. The van der Waals surface area contributed by atoms with Crippen molar-refractivity contribution in [2.24, 2.45) is 17.3 Å². The smallest absolute Gasteiger partial charge is 0.330 e. The highest BCUT2D eigenvalue weighted by molar-refractivity contribution is 6.31. The first-order valence-corrected chi connectivity index (χ1v) is 8.69. The van der Waals surface area contributed by atoms with Crippen molar-refractivity contribution < 1.29 is 28.5 Å². The molecule has 3 atom stereocenters. The Morgan fingerprint density at radius 1 is 1.37 bits per heavy atom. The number of carbonyl (C=O) groups is 2. The Morgan fingerprint density at radius 2 is 2.04 bits per heavy atom. The fourth-order valence-corrected chi connectivity index (χ4v) is 3.50. The number of carbonyl (C=O) groups excluding carboxylic acids is 2. The third-order valence-corrected chi connectivity index (χ3v) is 5.29. The van der Waals surface area contributed by atoms with Gasteiger partial charge in [0.2, 0.25) is 6.79 Å². The van der Waals surface area contributed by atoms with Crippen LogP contribution in [-0.4, -0.2) is 25.8 Å². The van der Waals surface area contributed by atoms with E-state index in [1.807, 2.05) is 13.8 Å². The van der Waals surface area contributed by atoms with E-state index in [0.29, 0.717) is 22.1 Å². The van der Waals surface area contributed by atoms with Gasteiger partial charge in [0.05, 0.1) is 18.1 Å². The second kappa shape index (κ2) is 7.16. The van der Waals surface area contributed by atoms with Crippen LogP contribution in [0.4, 0.5) is 0 Å². The van der Waals surface area contributed by atoms with Gasteiger partial charge in [-0.25, -0.2) is 4.79 Å². The number of benzene rings is 1. The Hall–Kier alpha value is -2.65. The summed E-state index contributed by atoms with van der Waals surface area (Å²) in [4.78, 5) is 23.9. The average Bonchev–Trinajstić information content (AvgIpc) is 2.94. The number of hydrogen-bond acceptors (Lipinski definition) is 6. The molecule has 1 aromatic rings. The van der Waals surface area contributed by atoms with Crippen molar-refractivity contribution in [2.45, 2.75) is 20.0 Å². The Kier molecular flexibility index (Phi) is 5.07. The van der Waals surface area contributed by atoms with Gasteiger partial charge in [0.15, 0.2) is 17.6 Å². The van der Waals surface area contributed by atoms with Crippen LogP contribution in [0.2, 0.25) is 5.02 Å². The van der Waals surface area contributed by atoms with E-state index in [1.54, 1.807) is 18.2 Å². The average molecular weight is 391 g/mol. The maximum absolute atomic E-state index is 12.7. The molecular weight excluding hydrogens is 372 g/mol. The van der Waals surface area contributed by atoms with Crippen LogP contribution in [0.15, 0.2) is 24.3 Å². The molecule has 7 heteroatoms. The van der Waals surface area contributed by atoms with Crippen LogP contribution in [-0.2, 0) is 19.1 Å². The van der Waals surface area contributed by atoms with E-state index in [-0.39, 0.29) is 18.1 Å². The van der Waals surface area contributed by atoms with Crippen LogP contribution in [0.25, 0.3) is 0 Å². The van der Waals surface area contributed by atoms with Gasteiger partial charge in [-0.3, -0.25) is 4.79 Å². The van der Waals surface area contributed by atoms with Crippen molar-refractivity contribution in [3.63, 3.8) is 0 Å². The Balaban J connectivity index is 1.74. The molecule has 0 saturated heterocycles. The van der Waals surface area contributed by atoms with Gasteiger partial charge in [0.1, 0.15) is 0 Å². The number of esters is 2. The molecule has 142 valence electrons. The first-order valence-electron chi connectivity index (χ1n) is 8.31. The van der Waals surface area contributed by atoms with Crippen molar-refractivity contribution in [1.29, 1.82) is 0 Å². The highest BCUT2D eigenvalue weighted by Crippen LogP contribution is 2.59. The normalized spacial score (nSPS) is 22.8. The summed E-state index contributed by atoms with van der Waals surface area (Å²) in [5.41, 5.74) is 0.108. The van der Waals surface area contributed by atoms with Crippen molar-refractivity contribution in [1.82, 2.24) is 0 Å². The molecule has 2 aliphatic rings. The third kappa shape index (κ3) is 3.60. The Bertz CT molecular complexity index is 851. The molecule has 27 heavy (non-hydrogen) atoms. The fourth-order valence-electron chi connectivity index (χ4n) is 3.25. The van der Waals surface area contributed by atoms with Gasteiger partial charge < -0.3 is 18.9 Å². The second-order valence-corrected chi connectivity index (χ2v) is 7.32. The minimum absolute atomic E-state index is 0.0973. The predicted molar refractivity (Wildman–Crippen MR) is 97.2 cm³/mol. The van der Waals surface area contributed by atoms with Gasteiger partial charge >= 0.3 is 11.9 Å². The topological polar surface area (TPSA) is 71.1 Å². The number of methoxy groups -OCH3 is 1. The number of allylic oxidation sites excluding steroid dienone is 1. The molecule has 1 heterocycles. The largest absolute Gasteiger partial charge is 0.466 e.